The summed E-state index contributed by atoms with van der Waals surface area (Å²) in [5, 5.41) is 12.2. The van der Waals surface area contributed by atoms with Crippen molar-refractivity contribution in [2.45, 2.75) is 19.8 Å². The number of hydrogen-bond acceptors (Lipinski definition) is 4. The van der Waals surface area contributed by atoms with Crippen LogP contribution in [0, 0.1) is 0 Å². The molecule has 0 spiro atoms. The summed E-state index contributed by atoms with van der Waals surface area (Å²) >= 11 is 0. The van der Waals surface area contributed by atoms with E-state index in [4.69, 9.17) is 9.52 Å². The fourth-order valence-corrected chi connectivity index (χ4v) is 1.75. The smallest absolute Gasteiger partial charge is 0.335 e. The van der Waals surface area contributed by atoms with E-state index in [9.17, 15) is 4.79 Å². The lowest BCUT2D eigenvalue weighted by atomic mass is 10.2. The molecule has 0 bridgehead atoms. The minimum Gasteiger partial charge on any atom is -0.478 e. The lowest BCUT2D eigenvalue weighted by molar-refractivity contribution is 0.0696. The van der Waals surface area contributed by atoms with E-state index in [0.717, 1.165) is 17.9 Å². The van der Waals surface area contributed by atoms with Gasteiger partial charge in [0.15, 0.2) is 0 Å². The highest BCUT2D eigenvalue weighted by molar-refractivity contribution is 5.88. The molecule has 0 fully saturated rings. The number of carbonyl (C=O) groups is 1. The molecule has 0 saturated carbocycles. The lowest BCUT2D eigenvalue weighted by Gasteiger charge is -2.07. The molecule has 0 radical (unpaired) electrons. The van der Waals surface area contributed by atoms with Gasteiger partial charge >= 0.3 is 5.97 Å². The Labute approximate surface area is 111 Å². The fourth-order valence-electron chi connectivity index (χ4n) is 1.75. The van der Waals surface area contributed by atoms with E-state index >= 15 is 0 Å². The van der Waals surface area contributed by atoms with Gasteiger partial charge in [0.05, 0.1) is 11.8 Å². The molecular weight excluding hydrogens is 244 g/mol. The Morgan fingerprint density at radius 1 is 1.47 bits per heavy atom. The van der Waals surface area contributed by atoms with Gasteiger partial charge in [-0.25, -0.2) is 9.78 Å². The SMILES string of the molecule is CCc1cc(C(=O)O)cc(NCCc2ccco2)n1. The van der Waals surface area contributed by atoms with Crippen LogP contribution in [-0.4, -0.2) is 22.6 Å². The number of furan rings is 1. The molecular formula is C14H16N2O3. The van der Waals surface area contributed by atoms with Crippen LogP contribution in [0.4, 0.5) is 5.82 Å². The van der Waals surface area contributed by atoms with Gasteiger partial charge in [0, 0.05) is 18.7 Å². The number of hydrogen-bond donors (Lipinski definition) is 2. The number of aryl methyl sites for hydroxylation is 1. The summed E-state index contributed by atoms with van der Waals surface area (Å²) in [4.78, 5) is 15.4. The monoisotopic (exact) mass is 260 g/mol. The average molecular weight is 260 g/mol. The van der Waals surface area contributed by atoms with Crippen molar-refractivity contribution in [2.75, 3.05) is 11.9 Å². The summed E-state index contributed by atoms with van der Waals surface area (Å²) in [6.07, 6.45) is 3.06. The largest absolute Gasteiger partial charge is 0.478 e. The Hall–Kier alpha value is -2.30. The first-order valence-electron chi connectivity index (χ1n) is 6.19. The van der Waals surface area contributed by atoms with Gasteiger partial charge in [-0.3, -0.25) is 0 Å². The van der Waals surface area contributed by atoms with Crippen molar-refractivity contribution in [3.05, 3.63) is 47.5 Å². The van der Waals surface area contributed by atoms with Crippen LogP contribution in [0.3, 0.4) is 0 Å². The standard InChI is InChI=1S/C14H16N2O3/c1-2-11-8-10(14(17)18)9-13(16-11)15-6-5-12-4-3-7-19-12/h3-4,7-9H,2,5-6H2,1H3,(H,15,16)(H,17,18). The molecule has 0 unspecified atom stereocenters. The van der Waals surface area contributed by atoms with Crippen molar-refractivity contribution in [2.24, 2.45) is 0 Å². The minimum absolute atomic E-state index is 0.257. The molecule has 2 N–H and O–H groups in total. The van der Waals surface area contributed by atoms with Crippen molar-refractivity contribution in [1.82, 2.24) is 4.98 Å². The highest BCUT2D eigenvalue weighted by Gasteiger charge is 2.07. The number of anilines is 1. The van der Waals surface area contributed by atoms with Gasteiger partial charge < -0.3 is 14.8 Å². The first-order valence-corrected chi connectivity index (χ1v) is 6.19. The second kappa shape index (κ2) is 6.04. The molecule has 0 aliphatic carbocycles. The molecule has 0 aliphatic rings. The Bertz CT molecular complexity index is 550. The van der Waals surface area contributed by atoms with Crippen molar-refractivity contribution >= 4 is 11.8 Å². The molecule has 0 amide bonds. The predicted molar refractivity (Wildman–Crippen MR) is 71.5 cm³/mol. The summed E-state index contributed by atoms with van der Waals surface area (Å²) < 4.78 is 5.22. The molecule has 0 aromatic carbocycles. The zero-order chi connectivity index (χ0) is 13.7. The number of aromatic carboxylic acids is 1. The zero-order valence-electron chi connectivity index (χ0n) is 10.7. The number of carboxylic acid groups (broad SMARTS) is 1. The number of aromatic nitrogens is 1. The van der Waals surface area contributed by atoms with E-state index < -0.39 is 5.97 Å². The molecule has 2 aromatic rings. The summed E-state index contributed by atoms with van der Waals surface area (Å²) in [5.74, 6) is 0.534. The Morgan fingerprint density at radius 2 is 2.32 bits per heavy atom. The van der Waals surface area contributed by atoms with Crippen LogP contribution < -0.4 is 5.32 Å². The summed E-state index contributed by atoms with van der Waals surface area (Å²) in [6.45, 7) is 2.59. The van der Waals surface area contributed by atoms with Gasteiger partial charge in [-0.2, -0.15) is 0 Å². The number of nitrogens with zero attached hydrogens (tertiary/aromatic N) is 1. The maximum Gasteiger partial charge on any atom is 0.335 e. The van der Waals surface area contributed by atoms with E-state index in [1.807, 2.05) is 19.1 Å². The van der Waals surface area contributed by atoms with Crippen molar-refractivity contribution in [1.29, 1.82) is 0 Å². The summed E-state index contributed by atoms with van der Waals surface area (Å²) in [7, 11) is 0. The lowest BCUT2D eigenvalue weighted by Crippen LogP contribution is -2.09. The van der Waals surface area contributed by atoms with Crippen LogP contribution >= 0.6 is 0 Å². The minimum atomic E-state index is -0.939. The molecule has 5 nitrogen and oxygen atoms in total. The summed E-state index contributed by atoms with van der Waals surface area (Å²) in [6, 6.07) is 6.89. The maximum absolute atomic E-state index is 11.0. The van der Waals surface area contributed by atoms with Gasteiger partial charge in [-0.15, -0.1) is 0 Å². The van der Waals surface area contributed by atoms with Crippen LogP contribution in [0.15, 0.2) is 34.9 Å². The van der Waals surface area contributed by atoms with Crippen LogP contribution in [0.5, 0.6) is 0 Å². The second-order valence-corrected chi connectivity index (χ2v) is 4.15. The molecule has 19 heavy (non-hydrogen) atoms. The number of rotatable bonds is 6. The first kappa shape index (κ1) is 13.1. The van der Waals surface area contributed by atoms with Crippen molar-refractivity contribution in [3.8, 4) is 0 Å². The maximum atomic E-state index is 11.0. The van der Waals surface area contributed by atoms with E-state index in [-0.39, 0.29) is 5.56 Å². The molecule has 5 heteroatoms. The third-order valence-electron chi connectivity index (χ3n) is 2.75. The van der Waals surface area contributed by atoms with E-state index in [2.05, 4.69) is 10.3 Å². The van der Waals surface area contributed by atoms with Crippen LogP contribution in [-0.2, 0) is 12.8 Å². The molecule has 2 heterocycles. The molecule has 100 valence electrons. The van der Waals surface area contributed by atoms with E-state index in [1.54, 1.807) is 18.4 Å². The van der Waals surface area contributed by atoms with Crippen molar-refractivity contribution < 1.29 is 14.3 Å². The topological polar surface area (TPSA) is 75.4 Å². The molecule has 0 aliphatic heterocycles. The molecule has 0 saturated heterocycles. The van der Waals surface area contributed by atoms with Gasteiger partial charge in [-0.05, 0) is 30.7 Å². The third kappa shape index (κ3) is 3.58. The number of carboxylic acids is 1. The Kier molecular flexibility index (Phi) is 4.18. The average Bonchev–Trinajstić information content (AvgIpc) is 2.91. The highest BCUT2D eigenvalue weighted by atomic mass is 16.4. The molecule has 2 rings (SSSR count). The van der Waals surface area contributed by atoms with Crippen LogP contribution in [0.2, 0.25) is 0 Å². The highest BCUT2D eigenvalue weighted by Crippen LogP contribution is 2.12. The third-order valence-corrected chi connectivity index (χ3v) is 2.75. The first-order chi connectivity index (χ1) is 9.19. The summed E-state index contributed by atoms with van der Waals surface area (Å²) in [5.41, 5.74) is 1.02. The molecule has 2 aromatic heterocycles. The second-order valence-electron chi connectivity index (χ2n) is 4.15. The van der Waals surface area contributed by atoms with Crippen molar-refractivity contribution in [3.63, 3.8) is 0 Å². The van der Waals surface area contributed by atoms with Gasteiger partial charge in [0.1, 0.15) is 11.6 Å². The van der Waals surface area contributed by atoms with Crippen LogP contribution in [0.25, 0.3) is 0 Å². The number of pyridine rings is 1. The zero-order valence-corrected chi connectivity index (χ0v) is 10.7. The van der Waals surface area contributed by atoms with E-state index in [0.29, 0.717) is 18.8 Å². The van der Waals surface area contributed by atoms with Crippen LogP contribution in [0.1, 0.15) is 28.7 Å². The number of nitrogens with one attached hydrogen (secondary N) is 1. The molecule has 0 atom stereocenters. The van der Waals surface area contributed by atoms with Gasteiger partial charge in [-0.1, -0.05) is 6.92 Å². The predicted octanol–water partition coefficient (Wildman–Crippen LogP) is 2.59. The van der Waals surface area contributed by atoms with E-state index in [1.165, 1.54) is 0 Å². The fraction of sp³-hybridized carbons (Fsp3) is 0.286. The Balaban J connectivity index is 2.02. The Morgan fingerprint density at radius 3 is 2.95 bits per heavy atom. The quantitative estimate of drug-likeness (QED) is 0.835. The normalized spacial score (nSPS) is 10.4. The van der Waals surface area contributed by atoms with Gasteiger partial charge in [0.2, 0.25) is 0 Å². The van der Waals surface area contributed by atoms with Gasteiger partial charge in [0.25, 0.3) is 0 Å².